The smallest absolute Gasteiger partial charge is 0.244 e. The zero-order chi connectivity index (χ0) is 16.4. The van der Waals surface area contributed by atoms with Crippen LogP contribution in [0.4, 0.5) is 5.69 Å². The molecule has 2 heterocycles. The molecule has 0 fully saturated rings. The second kappa shape index (κ2) is 6.08. The minimum atomic E-state index is -0.0755. The average Bonchev–Trinajstić information content (AvgIpc) is 3.07. The number of aromatic nitrogens is 4. The molecular formula is C17H19N5O. The number of hydrogen-bond donors (Lipinski definition) is 1. The number of nitrogens with zero attached hydrogens (tertiary/aromatic N) is 4. The maximum Gasteiger partial charge on any atom is 0.244 e. The molecule has 0 atom stereocenters. The summed E-state index contributed by atoms with van der Waals surface area (Å²) in [5.41, 5.74) is 3.91. The summed E-state index contributed by atoms with van der Waals surface area (Å²) in [5, 5.41) is 2.89. The highest BCUT2D eigenvalue weighted by atomic mass is 16.1. The molecule has 0 unspecified atom stereocenters. The van der Waals surface area contributed by atoms with Gasteiger partial charge in [0.25, 0.3) is 0 Å². The minimum absolute atomic E-state index is 0.0755. The number of anilines is 1. The number of carbonyl (C=O) groups excluding carboxylic acids is 1. The molecule has 3 aromatic rings. The second-order valence-corrected chi connectivity index (χ2v) is 5.48. The molecule has 0 saturated heterocycles. The molecule has 0 saturated carbocycles. The third-order valence-electron chi connectivity index (χ3n) is 3.92. The molecule has 2 aromatic heterocycles. The van der Waals surface area contributed by atoms with Crippen molar-refractivity contribution in [1.29, 1.82) is 0 Å². The van der Waals surface area contributed by atoms with Crippen molar-refractivity contribution in [2.24, 2.45) is 0 Å². The highest BCUT2D eigenvalue weighted by Crippen LogP contribution is 2.16. The number of benzene rings is 1. The number of carbonyl (C=O) groups is 1. The lowest BCUT2D eigenvalue weighted by molar-refractivity contribution is -0.116. The Labute approximate surface area is 134 Å². The van der Waals surface area contributed by atoms with Crippen LogP contribution in [-0.2, 0) is 11.3 Å². The van der Waals surface area contributed by atoms with Crippen LogP contribution < -0.4 is 5.32 Å². The summed E-state index contributed by atoms with van der Waals surface area (Å²) in [5.74, 6) is 0.745. The topological polar surface area (TPSA) is 64.7 Å². The predicted octanol–water partition coefficient (Wildman–Crippen LogP) is 2.63. The van der Waals surface area contributed by atoms with Crippen LogP contribution in [0.15, 0.2) is 43.0 Å². The highest BCUT2D eigenvalue weighted by molar-refractivity contribution is 5.90. The van der Waals surface area contributed by atoms with Crippen molar-refractivity contribution in [1.82, 2.24) is 19.1 Å². The van der Waals surface area contributed by atoms with Crippen molar-refractivity contribution < 1.29 is 4.79 Å². The quantitative estimate of drug-likeness (QED) is 0.805. The van der Waals surface area contributed by atoms with Crippen molar-refractivity contribution in [3.05, 3.63) is 60.2 Å². The van der Waals surface area contributed by atoms with E-state index in [0.29, 0.717) is 0 Å². The summed E-state index contributed by atoms with van der Waals surface area (Å²) in [6, 6.07) is 7.71. The van der Waals surface area contributed by atoms with Gasteiger partial charge in [-0.1, -0.05) is 0 Å². The van der Waals surface area contributed by atoms with E-state index in [9.17, 15) is 4.79 Å². The van der Waals surface area contributed by atoms with Crippen molar-refractivity contribution in [3.63, 3.8) is 0 Å². The summed E-state index contributed by atoms with van der Waals surface area (Å²) in [7, 11) is 0. The standard InChI is InChI=1S/C17H19N5O/c1-12-13(2)22(11-19-12)16-6-4-15(5-7-16)20-17(23)10-21-9-8-18-14(21)3/h4-9,11H,10H2,1-3H3,(H,20,23). The molecule has 0 radical (unpaired) electrons. The summed E-state index contributed by atoms with van der Waals surface area (Å²) < 4.78 is 3.83. The van der Waals surface area contributed by atoms with Gasteiger partial charge in [-0.2, -0.15) is 0 Å². The van der Waals surface area contributed by atoms with Gasteiger partial charge in [-0.3, -0.25) is 4.79 Å². The van der Waals surface area contributed by atoms with Gasteiger partial charge in [-0.15, -0.1) is 0 Å². The van der Waals surface area contributed by atoms with Gasteiger partial charge in [0.1, 0.15) is 12.4 Å². The van der Waals surface area contributed by atoms with Crippen LogP contribution in [0.1, 0.15) is 17.2 Å². The average molecular weight is 309 g/mol. The van der Waals surface area contributed by atoms with E-state index in [-0.39, 0.29) is 12.5 Å². The molecule has 118 valence electrons. The Morgan fingerprint density at radius 1 is 1.13 bits per heavy atom. The lowest BCUT2D eigenvalue weighted by Crippen LogP contribution is -2.19. The Hall–Kier alpha value is -2.89. The molecule has 1 N–H and O–H groups in total. The van der Waals surface area contributed by atoms with Gasteiger partial charge in [0.05, 0.1) is 12.0 Å². The number of amides is 1. The van der Waals surface area contributed by atoms with Crippen molar-refractivity contribution in [2.45, 2.75) is 27.3 Å². The third-order valence-corrected chi connectivity index (χ3v) is 3.92. The van der Waals surface area contributed by atoms with Crippen LogP contribution in [-0.4, -0.2) is 25.0 Å². The monoisotopic (exact) mass is 309 g/mol. The summed E-state index contributed by atoms with van der Waals surface area (Å²) in [6.45, 7) is 6.15. The van der Waals surface area contributed by atoms with Crippen LogP contribution in [0.25, 0.3) is 5.69 Å². The van der Waals surface area contributed by atoms with Gasteiger partial charge in [-0.25, -0.2) is 9.97 Å². The van der Waals surface area contributed by atoms with Crippen molar-refractivity contribution >= 4 is 11.6 Å². The molecule has 0 aliphatic heterocycles. The van der Waals surface area contributed by atoms with Gasteiger partial charge in [0.2, 0.25) is 5.91 Å². The fourth-order valence-electron chi connectivity index (χ4n) is 2.39. The molecule has 3 rings (SSSR count). The van der Waals surface area contributed by atoms with Crippen molar-refractivity contribution in [2.75, 3.05) is 5.32 Å². The molecule has 6 heteroatoms. The van der Waals surface area contributed by atoms with Gasteiger partial charge in [-0.05, 0) is 45.0 Å². The second-order valence-electron chi connectivity index (χ2n) is 5.48. The maximum atomic E-state index is 12.1. The lowest BCUT2D eigenvalue weighted by atomic mass is 10.2. The van der Waals surface area contributed by atoms with Gasteiger partial charge < -0.3 is 14.5 Å². The number of hydrogen-bond acceptors (Lipinski definition) is 3. The maximum absolute atomic E-state index is 12.1. The molecule has 23 heavy (non-hydrogen) atoms. The largest absolute Gasteiger partial charge is 0.326 e. The van der Waals surface area contributed by atoms with Crippen LogP contribution in [0.3, 0.4) is 0 Å². The summed E-state index contributed by atoms with van der Waals surface area (Å²) in [4.78, 5) is 20.5. The fourth-order valence-corrected chi connectivity index (χ4v) is 2.39. The Balaban J connectivity index is 1.69. The molecular weight excluding hydrogens is 290 g/mol. The first-order valence-electron chi connectivity index (χ1n) is 7.43. The molecule has 0 aliphatic carbocycles. The van der Waals surface area contributed by atoms with Gasteiger partial charge in [0, 0.05) is 29.5 Å². The van der Waals surface area contributed by atoms with E-state index in [1.807, 2.05) is 49.6 Å². The van der Waals surface area contributed by atoms with E-state index in [1.165, 1.54) is 0 Å². The molecule has 6 nitrogen and oxygen atoms in total. The number of nitrogens with one attached hydrogen (secondary N) is 1. The Morgan fingerprint density at radius 2 is 1.87 bits per heavy atom. The molecule has 1 aromatic carbocycles. The Morgan fingerprint density at radius 3 is 2.43 bits per heavy atom. The van der Waals surface area contributed by atoms with E-state index in [1.54, 1.807) is 23.3 Å². The van der Waals surface area contributed by atoms with E-state index in [2.05, 4.69) is 15.3 Å². The first-order valence-corrected chi connectivity index (χ1v) is 7.43. The van der Waals surface area contributed by atoms with Crippen LogP contribution in [0.2, 0.25) is 0 Å². The van der Waals surface area contributed by atoms with Crippen molar-refractivity contribution in [3.8, 4) is 5.69 Å². The van der Waals surface area contributed by atoms with Crippen LogP contribution >= 0.6 is 0 Å². The normalized spacial score (nSPS) is 10.7. The number of imidazole rings is 2. The zero-order valence-corrected chi connectivity index (χ0v) is 13.4. The van der Waals surface area contributed by atoms with E-state index >= 15 is 0 Å². The Bertz CT molecular complexity index is 829. The third kappa shape index (κ3) is 3.15. The zero-order valence-electron chi connectivity index (χ0n) is 13.4. The van der Waals surface area contributed by atoms with E-state index in [0.717, 1.165) is 28.6 Å². The van der Waals surface area contributed by atoms with Gasteiger partial charge >= 0.3 is 0 Å². The molecule has 0 bridgehead atoms. The Kier molecular flexibility index (Phi) is 3.97. The summed E-state index contributed by atoms with van der Waals surface area (Å²) in [6.07, 6.45) is 5.29. The highest BCUT2D eigenvalue weighted by Gasteiger charge is 2.07. The number of rotatable bonds is 4. The van der Waals surface area contributed by atoms with E-state index in [4.69, 9.17) is 0 Å². The van der Waals surface area contributed by atoms with E-state index < -0.39 is 0 Å². The summed E-state index contributed by atoms with van der Waals surface area (Å²) >= 11 is 0. The number of aryl methyl sites for hydroxylation is 2. The van der Waals surface area contributed by atoms with Gasteiger partial charge in [0.15, 0.2) is 0 Å². The van der Waals surface area contributed by atoms with Crippen LogP contribution in [0.5, 0.6) is 0 Å². The van der Waals surface area contributed by atoms with Crippen LogP contribution in [0, 0.1) is 20.8 Å². The first-order chi connectivity index (χ1) is 11.0. The molecule has 1 amide bonds. The SMILES string of the molecule is Cc1ncn(-c2ccc(NC(=O)Cn3ccnc3C)cc2)c1C. The first kappa shape index (κ1) is 15.0. The fraction of sp³-hybridized carbons (Fsp3) is 0.235. The molecule has 0 aliphatic rings. The molecule has 0 spiro atoms. The predicted molar refractivity (Wildman–Crippen MR) is 88.6 cm³/mol. The minimum Gasteiger partial charge on any atom is -0.326 e. The lowest BCUT2D eigenvalue weighted by Gasteiger charge is -2.09.